The number of piperidine rings is 4. The second-order valence-corrected chi connectivity index (χ2v) is 37.1. The van der Waals surface area contributed by atoms with Crippen molar-refractivity contribution in [2.45, 2.75) is 96.3 Å². The summed E-state index contributed by atoms with van der Waals surface area (Å²) < 4.78 is 36.1. The number of aryl methyl sites for hydroxylation is 2. The van der Waals surface area contributed by atoms with Crippen LogP contribution in [0.2, 0.25) is 0 Å². The SMILES string of the molecule is CC(=O)c1cc(-c2cnn3cc(N4CCC(N5CCN(C)CC5)CC4)cnc23)ccn1.CN1CCN(C2CCN(c3cnc4c(-c5ccnc6c(F)cccc56)cnn4c3)CC2)CC1.Cc1cc(-c2cnn3cc(N4CCC(N5CCN(C)CC5)CC4)cnc23)c2cccc(F)c2n1.Cc1ccc2c(-c3cnn4cc(N5CCC(N6CCN(C)CC6)CC5)cnc34)ccnc2c1. The molecule has 20 heterocycles. The van der Waals surface area contributed by atoms with E-state index in [2.05, 4.69) is 183 Å². The van der Waals surface area contributed by atoms with Gasteiger partial charge in [0.15, 0.2) is 28.4 Å². The highest BCUT2D eigenvalue weighted by molar-refractivity contribution is 6.01. The first-order valence-electron chi connectivity index (χ1n) is 46.9. The molecule has 131 heavy (non-hydrogen) atoms. The van der Waals surface area contributed by atoms with Crippen molar-refractivity contribution < 1.29 is 13.6 Å². The standard InChI is InChI=1S/C26H30FN7.C26H31N7.C25H28FN7.C23H29N7O/c1-18-14-22(21-4-3-5-24(27)25(21)30-18)23-16-29-34-17-20(15-28-26(23)34)32-8-6-19(7-9-32)33-12-10-31(2)11-13-33;1-19-3-4-23-22(5-8-27-25(23)15-19)24-17-29-33-18-21(16-28-26(24)33)31-9-6-20(7-10-31)32-13-11-30(2)12-14-32;1-30-11-13-32(14-12-30)18-6-9-31(10-7-18)19-15-28-25-22(16-29-33(25)17-19)20-5-8-27-24-21(20)3-2-4-23(24)26;1-17(31)22-13-18(3-6-24-22)21-15-26-30-16-20(14-25-23(21)30)28-7-4-19(5-8-28)29-11-9-27(2)10-12-29/h3-5,14-17,19H,6-13H2,1-2H3;3-5,8,15-18,20H,6-7,9-14H2,1-2H3;2-5,8,15-18H,6-7,9-14H2,1H3;3,6,13-16,19H,4-5,7-12H2,1-2H3. The van der Waals surface area contributed by atoms with Crippen LogP contribution >= 0.6 is 0 Å². The first-order valence-corrected chi connectivity index (χ1v) is 46.9. The van der Waals surface area contributed by atoms with E-state index in [1.165, 1.54) is 181 Å². The van der Waals surface area contributed by atoms with Gasteiger partial charge in [-0.25, -0.2) is 46.8 Å². The maximum absolute atomic E-state index is 14.4. The number of rotatable bonds is 13. The van der Waals surface area contributed by atoms with Crippen molar-refractivity contribution in [3.05, 3.63) is 206 Å². The fourth-order valence-electron chi connectivity index (χ4n) is 20.8. The van der Waals surface area contributed by atoms with Crippen molar-refractivity contribution in [1.82, 2.24) is 118 Å². The molecule has 31 heteroatoms. The molecule has 8 aliphatic heterocycles. The number of hydrogen-bond donors (Lipinski definition) is 0. The number of piperazine rings is 4. The Morgan fingerprint density at radius 3 is 1.08 bits per heavy atom. The molecular weight excluding hydrogens is 1650 g/mol. The fourth-order valence-corrected chi connectivity index (χ4v) is 20.8. The average molecular weight is 1770 g/mol. The third kappa shape index (κ3) is 18.7. The Balaban J connectivity index is 0.000000109. The molecule has 8 saturated heterocycles. The van der Waals surface area contributed by atoms with Gasteiger partial charge in [0.2, 0.25) is 0 Å². The molecule has 0 radical (unpaired) electrons. The molecule has 8 fully saturated rings. The number of likely N-dealkylation sites (N-methyl/N-ethyl adjacent to an activating group) is 4. The van der Waals surface area contributed by atoms with Gasteiger partial charge in [-0.2, -0.15) is 20.4 Å². The van der Waals surface area contributed by atoms with E-state index < -0.39 is 0 Å². The van der Waals surface area contributed by atoms with Gasteiger partial charge in [0.25, 0.3) is 0 Å². The lowest BCUT2D eigenvalue weighted by molar-refractivity contribution is 0.0982. The van der Waals surface area contributed by atoms with Crippen LogP contribution in [0, 0.1) is 25.5 Å². The smallest absolute Gasteiger partial charge is 0.178 e. The van der Waals surface area contributed by atoms with Crippen LogP contribution in [0.5, 0.6) is 0 Å². The molecule has 0 aliphatic carbocycles. The van der Waals surface area contributed by atoms with Crippen molar-refractivity contribution in [3.63, 3.8) is 0 Å². The summed E-state index contributed by atoms with van der Waals surface area (Å²) in [5.41, 5.74) is 19.4. The number of pyridine rings is 4. The third-order valence-electron chi connectivity index (χ3n) is 28.7. The molecule has 0 amide bonds. The lowest BCUT2D eigenvalue weighted by Crippen LogP contribution is -2.52. The predicted molar refractivity (Wildman–Crippen MR) is 514 cm³/mol. The van der Waals surface area contributed by atoms with E-state index in [9.17, 15) is 13.6 Å². The first-order chi connectivity index (χ1) is 64.0. The van der Waals surface area contributed by atoms with Gasteiger partial charge >= 0.3 is 0 Å². The summed E-state index contributed by atoms with van der Waals surface area (Å²) in [6, 6.07) is 28.9. The lowest BCUT2D eigenvalue weighted by Gasteiger charge is -2.42. The van der Waals surface area contributed by atoms with E-state index in [1.54, 1.807) is 30.6 Å². The van der Waals surface area contributed by atoms with Crippen LogP contribution in [0.25, 0.3) is 99.8 Å². The quantitative estimate of drug-likeness (QED) is 0.0977. The topological polar surface area (TPSA) is 228 Å². The molecule has 0 saturated carbocycles. The summed E-state index contributed by atoms with van der Waals surface area (Å²) >= 11 is 0. The van der Waals surface area contributed by atoms with Gasteiger partial charge in [-0.05, 0) is 170 Å². The number of anilines is 4. The number of benzene rings is 3. The van der Waals surface area contributed by atoms with Crippen LogP contribution in [0.4, 0.5) is 31.5 Å². The molecule has 0 unspecified atom stereocenters. The molecule has 0 spiro atoms. The Hall–Kier alpha value is -12.1. The zero-order valence-electron chi connectivity index (χ0n) is 76.4. The molecule has 29 nitrogen and oxygen atoms in total. The van der Waals surface area contributed by atoms with Gasteiger partial charge in [0.1, 0.15) is 28.4 Å². The van der Waals surface area contributed by atoms with E-state index in [1.807, 2.05) is 111 Å². The second-order valence-electron chi connectivity index (χ2n) is 37.1. The largest absolute Gasteiger partial charge is 0.369 e. The Labute approximate surface area is 762 Å². The van der Waals surface area contributed by atoms with E-state index >= 15 is 0 Å². The predicted octanol–water partition coefficient (Wildman–Crippen LogP) is 12.6. The summed E-state index contributed by atoms with van der Waals surface area (Å²) in [7, 11) is 8.85. The monoisotopic (exact) mass is 1770 g/mol. The van der Waals surface area contributed by atoms with Crippen molar-refractivity contribution in [2.24, 2.45) is 0 Å². The highest BCUT2D eigenvalue weighted by Crippen LogP contribution is 2.38. The maximum Gasteiger partial charge on any atom is 0.178 e. The molecule has 3 aromatic carbocycles. The molecule has 0 bridgehead atoms. The molecule has 12 aromatic heterocycles. The second kappa shape index (κ2) is 38.4. The van der Waals surface area contributed by atoms with Crippen LogP contribution in [-0.4, -0.2) is 333 Å². The minimum atomic E-state index is -0.318. The van der Waals surface area contributed by atoms with Crippen molar-refractivity contribution >= 4 is 83.8 Å². The summed E-state index contributed by atoms with van der Waals surface area (Å²) in [6.45, 7) is 32.8. The van der Waals surface area contributed by atoms with Crippen LogP contribution in [0.1, 0.15) is 80.0 Å². The molecule has 15 aromatic rings. The average Bonchev–Trinajstić information content (AvgIpc) is 1.73. The minimum Gasteiger partial charge on any atom is -0.369 e. The number of Topliss-reactive ketones (excluding diaryl/α,β-unsaturated/α-hetero) is 1. The Kier molecular flexibility index (Phi) is 25.5. The van der Waals surface area contributed by atoms with Gasteiger partial charge in [0, 0.05) is 251 Å². The molecule has 0 N–H and O–H groups in total. The highest BCUT2D eigenvalue weighted by Gasteiger charge is 2.34. The number of para-hydroxylation sites is 2. The maximum atomic E-state index is 14.4. The molecule has 23 rings (SSSR count). The van der Waals surface area contributed by atoms with Crippen LogP contribution in [0.15, 0.2) is 178 Å². The fraction of sp³-hybridized carbons (Fsp3) is 0.430. The van der Waals surface area contributed by atoms with Crippen LogP contribution in [0.3, 0.4) is 0 Å². The minimum absolute atomic E-state index is 0.0476. The number of fused-ring (bicyclic) bond motifs is 7. The summed E-state index contributed by atoms with van der Waals surface area (Å²) in [5.74, 6) is -0.677. The van der Waals surface area contributed by atoms with Crippen molar-refractivity contribution in [1.29, 1.82) is 0 Å². The Morgan fingerprint density at radius 2 is 0.679 bits per heavy atom. The summed E-state index contributed by atoms with van der Waals surface area (Å²) in [5, 5.41) is 21.1. The van der Waals surface area contributed by atoms with Crippen LogP contribution in [-0.2, 0) is 0 Å². The number of ketones is 1. The van der Waals surface area contributed by atoms with Gasteiger partial charge < -0.3 is 39.2 Å². The molecule has 0 atom stereocenters. The number of hydrogen-bond acceptors (Lipinski definition) is 25. The van der Waals surface area contributed by atoms with Gasteiger partial charge in [0.05, 0.1) is 103 Å². The summed E-state index contributed by atoms with van der Waals surface area (Å²) in [6.07, 6.45) is 38.3. The van der Waals surface area contributed by atoms with E-state index in [0.717, 1.165) is 170 Å². The van der Waals surface area contributed by atoms with Gasteiger partial charge in [-0.3, -0.25) is 44.3 Å². The number of aromatic nitrogens is 16. The lowest BCUT2D eigenvalue weighted by atomic mass is 10.0. The van der Waals surface area contributed by atoms with Gasteiger partial charge in [-0.15, -0.1) is 0 Å². The Morgan fingerprint density at radius 1 is 0.328 bits per heavy atom. The summed E-state index contributed by atoms with van der Waals surface area (Å²) in [4.78, 5) is 78.2. The van der Waals surface area contributed by atoms with Crippen molar-refractivity contribution in [2.75, 3.05) is 205 Å². The highest BCUT2D eigenvalue weighted by atomic mass is 19.1. The van der Waals surface area contributed by atoms with E-state index in [4.69, 9.17) is 19.9 Å². The Bertz CT molecular complexity index is 6550. The van der Waals surface area contributed by atoms with Gasteiger partial charge in [-0.1, -0.05) is 36.4 Å². The molecule has 678 valence electrons. The van der Waals surface area contributed by atoms with E-state index in [0.29, 0.717) is 40.9 Å². The number of carbonyl (C=O) groups is 1. The van der Waals surface area contributed by atoms with E-state index in [-0.39, 0.29) is 17.4 Å². The molecule has 8 aliphatic rings. The molecular formula is C100H118F2N28O. The van der Waals surface area contributed by atoms with Crippen molar-refractivity contribution in [3.8, 4) is 44.5 Å². The number of nitrogens with zero attached hydrogens (tertiary/aromatic N) is 28. The zero-order valence-corrected chi connectivity index (χ0v) is 76.4. The zero-order chi connectivity index (χ0) is 89.3. The van der Waals surface area contributed by atoms with Crippen LogP contribution < -0.4 is 19.6 Å². The normalized spacial score (nSPS) is 19.0. The number of halogens is 2. The first kappa shape index (κ1) is 86.9. The number of carbonyl (C=O) groups excluding carboxylic acids is 1. The third-order valence-corrected chi connectivity index (χ3v) is 28.7.